The number of aliphatic hydroxyl groups is 1. The maximum Gasteiger partial charge on any atom is 0.260 e. The van der Waals surface area contributed by atoms with Crippen molar-refractivity contribution in [1.29, 1.82) is 0 Å². The molecule has 20 heavy (non-hydrogen) atoms. The van der Waals surface area contributed by atoms with Crippen LogP contribution in [-0.4, -0.2) is 47.5 Å². The molecule has 2 atom stereocenters. The van der Waals surface area contributed by atoms with E-state index in [2.05, 4.69) is 9.97 Å². The quantitative estimate of drug-likeness (QED) is 0.877. The van der Waals surface area contributed by atoms with Crippen molar-refractivity contribution in [3.63, 3.8) is 0 Å². The molecule has 0 amide bonds. The number of hydrogen-bond donors (Lipinski definition) is 2. The standard InChI is InChI=1S/C12H15N3O3S2/c16-6-10-4-15(5-11(10)9-1-2-19-7-9)20(17,18)12-3-13-8-14-12/h1-3,7-8,10-11,16H,4-6H2,(H,13,14)/t10-,11-/m0/s1. The Morgan fingerprint density at radius 1 is 1.50 bits per heavy atom. The second kappa shape index (κ2) is 5.28. The first-order chi connectivity index (χ1) is 9.63. The van der Waals surface area contributed by atoms with Crippen molar-refractivity contribution in [2.45, 2.75) is 10.9 Å². The summed E-state index contributed by atoms with van der Waals surface area (Å²) >= 11 is 1.58. The summed E-state index contributed by atoms with van der Waals surface area (Å²) in [5.74, 6) is -0.0220. The number of H-pyrrole nitrogens is 1. The Hall–Kier alpha value is -1.22. The normalized spacial score (nSPS) is 24.2. The molecule has 1 fully saturated rings. The first kappa shape index (κ1) is 13.7. The molecule has 8 heteroatoms. The predicted molar refractivity (Wildman–Crippen MR) is 75.0 cm³/mol. The zero-order chi connectivity index (χ0) is 14.2. The molecule has 2 aromatic heterocycles. The number of thiophene rings is 1. The largest absolute Gasteiger partial charge is 0.396 e. The lowest BCUT2D eigenvalue weighted by atomic mass is 9.92. The molecule has 2 N–H and O–H groups in total. The second-order valence-corrected chi connectivity index (χ2v) is 7.53. The van der Waals surface area contributed by atoms with E-state index in [-0.39, 0.29) is 23.5 Å². The van der Waals surface area contributed by atoms with Crippen molar-refractivity contribution in [2.75, 3.05) is 19.7 Å². The summed E-state index contributed by atoms with van der Waals surface area (Å²) in [6, 6.07) is 1.99. The van der Waals surface area contributed by atoms with Crippen molar-refractivity contribution in [3.8, 4) is 0 Å². The summed E-state index contributed by atoms with van der Waals surface area (Å²) in [6.45, 7) is 0.706. The van der Waals surface area contributed by atoms with E-state index >= 15 is 0 Å². The van der Waals surface area contributed by atoms with Crippen LogP contribution in [-0.2, 0) is 10.0 Å². The molecule has 108 valence electrons. The van der Waals surface area contributed by atoms with Gasteiger partial charge in [-0.05, 0) is 22.4 Å². The first-order valence-electron chi connectivity index (χ1n) is 6.24. The fourth-order valence-corrected chi connectivity index (χ4v) is 4.74. The lowest BCUT2D eigenvalue weighted by Crippen LogP contribution is -2.29. The average Bonchev–Trinajstić information content (AvgIpc) is 3.18. The van der Waals surface area contributed by atoms with Crippen LogP contribution in [0.1, 0.15) is 11.5 Å². The maximum absolute atomic E-state index is 12.4. The number of sulfonamides is 1. The molecule has 3 rings (SSSR count). The van der Waals surface area contributed by atoms with Crippen LogP contribution in [0.25, 0.3) is 0 Å². The maximum atomic E-state index is 12.4. The summed E-state index contributed by atoms with van der Waals surface area (Å²) in [7, 11) is -3.55. The Labute approximate surface area is 121 Å². The number of aromatic amines is 1. The number of aromatic nitrogens is 2. The van der Waals surface area contributed by atoms with E-state index in [1.165, 1.54) is 16.8 Å². The molecular formula is C12H15N3O3S2. The van der Waals surface area contributed by atoms with Gasteiger partial charge in [0.25, 0.3) is 10.0 Å². The number of hydrogen-bond acceptors (Lipinski definition) is 5. The highest BCUT2D eigenvalue weighted by molar-refractivity contribution is 7.89. The van der Waals surface area contributed by atoms with Crippen molar-refractivity contribution < 1.29 is 13.5 Å². The first-order valence-corrected chi connectivity index (χ1v) is 8.62. The number of nitrogens with zero attached hydrogens (tertiary/aromatic N) is 2. The minimum absolute atomic E-state index is 0.0183. The van der Waals surface area contributed by atoms with Crippen LogP contribution in [0, 0.1) is 5.92 Å². The Morgan fingerprint density at radius 2 is 2.35 bits per heavy atom. The molecule has 0 radical (unpaired) electrons. The fourth-order valence-electron chi connectivity index (χ4n) is 2.60. The van der Waals surface area contributed by atoms with Gasteiger partial charge >= 0.3 is 0 Å². The van der Waals surface area contributed by atoms with Crippen LogP contribution in [0.2, 0.25) is 0 Å². The number of aliphatic hydroxyl groups excluding tert-OH is 1. The molecule has 0 saturated carbocycles. The van der Waals surface area contributed by atoms with Crippen molar-refractivity contribution >= 4 is 21.4 Å². The van der Waals surface area contributed by atoms with Gasteiger partial charge in [-0.3, -0.25) is 0 Å². The van der Waals surface area contributed by atoms with Crippen LogP contribution in [0.3, 0.4) is 0 Å². The molecule has 0 spiro atoms. The summed E-state index contributed by atoms with van der Waals surface area (Å²) in [4.78, 5) is 6.39. The smallest absolute Gasteiger partial charge is 0.260 e. The van der Waals surface area contributed by atoms with Gasteiger partial charge in [-0.1, -0.05) is 0 Å². The minimum Gasteiger partial charge on any atom is -0.396 e. The van der Waals surface area contributed by atoms with Crippen LogP contribution in [0.15, 0.2) is 34.4 Å². The van der Waals surface area contributed by atoms with Crippen LogP contribution >= 0.6 is 11.3 Å². The van der Waals surface area contributed by atoms with Gasteiger partial charge in [-0.15, -0.1) is 0 Å². The number of rotatable bonds is 4. The summed E-state index contributed by atoms with van der Waals surface area (Å²) in [5.41, 5.74) is 1.09. The van der Waals surface area contributed by atoms with Gasteiger partial charge in [0.2, 0.25) is 0 Å². The molecule has 1 aliphatic rings. The lowest BCUT2D eigenvalue weighted by molar-refractivity contribution is 0.223. The van der Waals surface area contributed by atoms with Gasteiger partial charge < -0.3 is 10.1 Å². The SMILES string of the molecule is O=S(=O)(c1cnc[nH]1)N1C[C@@H](CO)[C@H](c2ccsc2)C1. The molecule has 0 aromatic carbocycles. The molecule has 6 nitrogen and oxygen atoms in total. The number of imidazole rings is 1. The molecule has 1 aliphatic heterocycles. The van der Waals surface area contributed by atoms with Crippen molar-refractivity contribution in [1.82, 2.24) is 14.3 Å². The predicted octanol–water partition coefficient (Wildman–Crippen LogP) is 0.868. The van der Waals surface area contributed by atoms with Gasteiger partial charge in [0, 0.05) is 31.5 Å². The summed E-state index contributed by atoms with van der Waals surface area (Å²) in [6.07, 6.45) is 2.66. The van der Waals surface area contributed by atoms with E-state index in [1.807, 2.05) is 16.8 Å². The molecule has 0 bridgehead atoms. The van der Waals surface area contributed by atoms with Crippen LogP contribution < -0.4 is 0 Å². The lowest BCUT2D eigenvalue weighted by Gasteiger charge is -2.14. The van der Waals surface area contributed by atoms with E-state index in [1.54, 1.807) is 11.3 Å². The Kier molecular flexibility index (Phi) is 3.63. The van der Waals surface area contributed by atoms with Gasteiger partial charge in [-0.25, -0.2) is 13.4 Å². The summed E-state index contributed by atoms with van der Waals surface area (Å²) in [5, 5.41) is 13.6. The third kappa shape index (κ3) is 2.28. The molecular weight excluding hydrogens is 298 g/mol. The van der Waals surface area contributed by atoms with E-state index in [9.17, 15) is 13.5 Å². The Balaban J connectivity index is 1.87. The third-order valence-electron chi connectivity index (χ3n) is 3.70. The molecule has 0 aliphatic carbocycles. The monoisotopic (exact) mass is 313 g/mol. The topological polar surface area (TPSA) is 86.3 Å². The van der Waals surface area contributed by atoms with Crippen LogP contribution in [0.5, 0.6) is 0 Å². The minimum atomic E-state index is -3.55. The van der Waals surface area contributed by atoms with Gasteiger partial charge in [-0.2, -0.15) is 15.6 Å². The van der Waals surface area contributed by atoms with E-state index in [0.717, 1.165) is 5.56 Å². The van der Waals surface area contributed by atoms with Crippen molar-refractivity contribution in [2.24, 2.45) is 5.92 Å². The van der Waals surface area contributed by atoms with E-state index in [4.69, 9.17) is 0 Å². The zero-order valence-electron chi connectivity index (χ0n) is 10.6. The number of nitrogens with one attached hydrogen (secondary N) is 1. The van der Waals surface area contributed by atoms with E-state index < -0.39 is 10.0 Å². The highest BCUT2D eigenvalue weighted by atomic mass is 32.2. The highest BCUT2D eigenvalue weighted by Crippen LogP contribution is 2.35. The van der Waals surface area contributed by atoms with Gasteiger partial charge in [0.15, 0.2) is 5.03 Å². The third-order valence-corrected chi connectivity index (χ3v) is 6.16. The zero-order valence-corrected chi connectivity index (χ0v) is 12.3. The summed E-state index contributed by atoms with van der Waals surface area (Å²) < 4.78 is 26.3. The van der Waals surface area contributed by atoms with E-state index in [0.29, 0.717) is 13.1 Å². The van der Waals surface area contributed by atoms with Crippen molar-refractivity contribution in [3.05, 3.63) is 34.9 Å². The van der Waals surface area contributed by atoms with Crippen LogP contribution in [0.4, 0.5) is 0 Å². The Morgan fingerprint density at radius 3 is 2.95 bits per heavy atom. The Bertz CT molecular complexity index is 652. The average molecular weight is 313 g/mol. The fraction of sp³-hybridized carbons (Fsp3) is 0.417. The van der Waals surface area contributed by atoms with Gasteiger partial charge in [0.05, 0.1) is 12.5 Å². The van der Waals surface area contributed by atoms with Gasteiger partial charge in [0.1, 0.15) is 0 Å². The highest BCUT2D eigenvalue weighted by Gasteiger charge is 2.40. The molecule has 2 aromatic rings. The molecule has 0 unspecified atom stereocenters. The molecule has 1 saturated heterocycles. The molecule has 3 heterocycles. The second-order valence-electron chi connectivity index (χ2n) is 4.84.